The molecule has 0 radical (unpaired) electrons. The molecule has 1 aliphatic rings. The van der Waals surface area contributed by atoms with Crippen molar-refractivity contribution in [1.29, 1.82) is 0 Å². The van der Waals surface area contributed by atoms with Gasteiger partial charge in [-0.1, -0.05) is 6.07 Å². The van der Waals surface area contributed by atoms with Crippen LogP contribution >= 0.6 is 0 Å². The number of aromatic nitrogens is 5. The van der Waals surface area contributed by atoms with Crippen molar-refractivity contribution in [3.8, 4) is 11.5 Å². The zero-order valence-electron chi connectivity index (χ0n) is 12.3. The van der Waals surface area contributed by atoms with E-state index in [0.717, 1.165) is 44.1 Å². The third-order valence-corrected chi connectivity index (χ3v) is 3.98. The molecule has 6 nitrogen and oxygen atoms in total. The van der Waals surface area contributed by atoms with Gasteiger partial charge < -0.3 is 9.88 Å². The fourth-order valence-corrected chi connectivity index (χ4v) is 2.82. The van der Waals surface area contributed by atoms with Gasteiger partial charge in [-0.3, -0.25) is 9.67 Å². The van der Waals surface area contributed by atoms with Gasteiger partial charge in [0.1, 0.15) is 5.69 Å². The van der Waals surface area contributed by atoms with Gasteiger partial charge >= 0.3 is 0 Å². The minimum atomic E-state index is 0.876. The number of nitrogens with one attached hydrogen (secondary N) is 1. The zero-order chi connectivity index (χ0) is 14.8. The summed E-state index contributed by atoms with van der Waals surface area (Å²) >= 11 is 0. The van der Waals surface area contributed by atoms with E-state index in [4.69, 9.17) is 0 Å². The first-order valence-corrected chi connectivity index (χ1v) is 7.58. The van der Waals surface area contributed by atoms with Crippen LogP contribution in [0.3, 0.4) is 0 Å². The molecule has 0 bridgehead atoms. The van der Waals surface area contributed by atoms with E-state index in [1.54, 1.807) is 6.20 Å². The van der Waals surface area contributed by atoms with E-state index < -0.39 is 0 Å². The van der Waals surface area contributed by atoms with Gasteiger partial charge in [0.05, 0.1) is 12.2 Å². The Morgan fingerprint density at radius 2 is 2.27 bits per heavy atom. The summed E-state index contributed by atoms with van der Waals surface area (Å²) < 4.78 is 4.24. The lowest BCUT2D eigenvalue weighted by Gasteiger charge is -2.13. The van der Waals surface area contributed by atoms with Gasteiger partial charge in [0, 0.05) is 44.4 Å². The highest BCUT2D eigenvalue weighted by Crippen LogP contribution is 2.19. The van der Waals surface area contributed by atoms with Crippen LogP contribution in [0.4, 0.5) is 0 Å². The topological polar surface area (TPSA) is 60.6 Å². The van der Waals surface area contributed by atoms with Gasteiger partial charge in [-0.15, -0.1) is 0 Å². The predicted molar refractivity (Wildman–Crippen MR) is 83.1 cm³/mol. The van der Waals surface area contributed by atoms with E-state index in [1.807, 2.05) is 24.7 Å². The third kappa shape index (κ3) is 2.53. The number of nitrogens with zero attached hydrogens (tertiary/aromatic N) is 5. The second kappa shape index (κ2) is 5.73. The minimum absolute atomic E-state index is 0.876. The Hall–Kier alpha value is -2.47. The number of pyridine rings is 1. The molecule has 6 heteroatoms. The lowest BCUT2D eigenvalue weighted by Crippen LogP contribution is -2.28. The molecule has 0 atom stereocenters. The van der Waals surface area contributed by atoms with Crippen molar-refractivity contribution in [3.63, 3.8) is 0 Å². The van der Waals surface area contributed by atoms with E-state index in [9.17, 15) is 0 Å². The highest BCUT2D eigenvalue weighted by molar-refractivity contribution is 5.50. The van der Waals surface area contributed by atoms with Crippen LogP contribution < -0.4 is 5.32 Å². The van der Waals surface area contributed by atoms with Crippen molar-refractivity contribution in [2.45, 2.75) is 26.1 Å². The number of rotatable bonds is 4. The Balaban J connectivity index is 1.56. The molecule has 4 rings (SSSR count). The zero-order valence-corrected chi connectivity index (χ0v) is 12.3. The molecule has 0 unspecified atom stereocenters. The highest BCUT2D eigenvalue weighted by Gasteiger charge is 2.15. The number of hydrogen-bond acceptors (Lipinski definition) is 4. The van der Waals surface area contributed by atoms with Crippen molar-refractivity contribution < 1.29 is 0 Å². The molecule has 0 spiro atoms. The van der Waals surface area contributed by atoms with Gasteiger partial charge in [-0.05, 0) is 24.1 Å². The molecule has 112 valence electrons. The number of fused-ring (bicyclic) bond motifs is 1. The second-order valence-corrected chi connectivity index (χ2v) is 5.48. The SMILES string of the molecule is c1cncc(CCn2ccnc2-c2cc3n(n2)CCNC3)c1. The van der Waals surface area contributed by atoms with Gasteiger partial charge in [0.15, 0.2) is 5.82 Å². The molecular weight excluding hydrogens is 276 g/mol. The second-order valence-electron chi connectivity index (χ2n) is 5.48. The average molecular weight is 294 g/mol. The molecule has 3 aromatic rings. The van der Waals surface area contributed by atoms with Crippen LogP contribution in [0.1, 0.15) is 11.3 Å². The molecule has 0 saturated carbocycles. The standard InChI is InChI=1S/C16H18N6/c1-2-13(11-17-4-1)3-7-21-8-6-19-16(21)15-10-14-12-18-5-9-22(14)20-15/h1-2,4,6,8,10-11,18H,3,5,7,9,12H2. The maximum absolute atomic E-state index is 4.69. The number of aryl methyl sites for hydroxylation is 2. The smallest absolute Gasteiger partial charge is 0.160 e. The highest BCUT2D eigenvalue weighted by atomic mass is 15.3. The van der Waals surface area contributed by atoms with E-state index in [-0.39, 0.29) is 0 Å². The van der Waals surface area contributed by atoms with Gasteiger partial charge in [0.2, 0.25) is 0 Å². The summed E-state index contributed by atoms with van der Waals surface area (Å²) in [7, 11) is 0. The summed E-state index contributed by atoms with van der Waals surface area (Å²) in [6.07, 6.45) is 8.51. The summed E-state index contributed by atoms with van der Waals surface area (Å²) in [5.74, 6) is 0.936. The lowest BCUT2D eigenvalue weighted by molar-refractivity contribution is 0.476. The summed E-state index contributed by atoms with van der Waals surface area (Å²) in [5, 5.41) is 8.06. The Morgan fingerprint density at radius 3 is 3.14 bits per heavy atom. The van der Waals surface area contributed by atoms with Crippen LogP contribution in [0.25, 0.3) is 11.5 Å². The lowest BCUT2D eigenvalue weighted by atomic mass is 10.2. The van der Waals surface area contributed by atoms with Crippen molar-refractivity contribution in [2.75, 3.05) is 6.54 Å². The van der Waals surface area contributed by atoms with Crippen molar-refractivity contribution in [1.82, 2.24) is 29.6 Å². The van der Waals surface area contributed by atoms with Gasteiger partial charge in [-0.2, -0.15) is 5.10 Å². The van der Waals surface area contributed by atoms with Crippen LogP contribution in [-0.2, 0) is 26.1 Å². The normalized spacial score (nSPS) is 14.0. The Bertz CT molecular complexity index is 735. The average Bonchev–Trinajstić information content (AvgIpc) is 3.20. The fraction of sp³-hybridized carbons (Fsp3) is 0.312. The van der Waals surface area contributed by atoms with Crippen LogP contribution in [0.5, 0.6) is 0 Å². The van der Waals surface area contributed by atoms with E-state index in [2.05, 4.69) is 41.8 Å². The monoisotopic (exact) mass is 294 g/mol. The quantitative estimate of drug-likeness (QED) is 0.792. The Kier molecular flexibility index (Phi) is 3.44. The van der Waals surface area contributed by atoms with Crippen molar-refractivity contribution in [2.24, 2.45) is 0 Å². The summed E-state index contributed by atoms with van der Waals surface area (Å²) in [6, 6.07) is 6.21. The van der Waals surface area contributed by atoms with Crippen molar-refractivity contribution >= 4 is 0 Å². The molecule has 0 saturated heterocycles. The fourth-order valence-electron chi connectivity index (χ4n) is 2.82. The van der Waals surface area contributed by atoms with Crippen LogP contribution in [0, 0.1) is 0 Å². The summed E-state index contributed by atoms with van der Waals surface area (Å²) in [4.78, 5) is 8.65. The predicted octanol–water partition coefficient (Wildman–Crippen LogP) is 1.49. The van der Waals surface area contributed by atoms with Crippen LogP contribution in [0.15, 0.2) is 43.0 Å². The third-order valence-electron chi connectivity index (χ3n) is 3.98. The first-order valence-electron chi connectivity index (χ1n) is 7.58. The molecular formula is C16H18N6. The minimum Gasteiger partial charge on any atom is -0.329 e. The molecule has 0 aliphatic carbocycles. The summed E-state index contributed by atoms with van der Waals surface area (Å²) in [5.41, 5.74) is 3.41. The van der Waals surface area contributed by atoms with Gasteiger partial charge in [0.25, 0.3) is 0 Å². The summed E-state index contributed by atoms with van der Waals surface area (Å²) in [6.45, 7) is 3.65. The molecule has 0 aromatic carbocycles. The number of imidazole rings is 1. The molecule has 0 amide bonds. The number of hydrogen-bond donors (Lipinski definition) is 1. The largest absolute Gasteiger partial charge is 0.329 e. The molecule has 3 aromatic heterocycles. The van der Waals surface area contributed by atoms with E-state index in [0.29, 0.717) is 0 Å². The first kappa shape index (κ1) is 13.2. The van der Waals surface area contributed by atoms with Crippen molar-refractivity contribution in [3.05, 3.63) is 54.2 Å². The molecule has 1 aliphatic heterocycles. The van der Waals surface area contributed by atoms with Crippen LogP contribution in [-0.4, -0.2) is 30.9 Å². The van der Waals surface area contributed by atoms with Crippen LogP contribution in [0.2, 0.25) is 0 Å². The molecule has 1 N–H and O–H groups in total. The maximum atomic E-state index is 4.69. The Morgan fingerprint density at radius 1 is 1.27 bits per heavy atom. The molecule has 22 heavy (non-hydrogen) atoms. The van der Waals surface area contributed by atoms with E-state index in [1.165, 1.54) is 11.3 Å². The first-order chi connectivity index (χ1) is 10.9. The molecule has 4 heterocycles. The Labute approximate surface area is 128 Å². The van der Waals surface area contributed by atoms with Gasteiger partial charge in [-0.25, -0.2) is 4.98 Å². The van der Waals surface area contributed by atoms with E-state index >= 15 is 0 Å². The maximum Gasteiger partial charge on any atom is 0.160 e. The molecule has 0 fully saturated rings.